The molecular formula is C14H12Cl2O3S. The zero-order valence-electron chi connectivity index (χ0n) is 10.9. The van der Waals surface area contributed by atoms with Gasteiger partial charge in [0.1, 0.15) is 11.5 Å². The van der Waals surface area contributed by atoms with Gasteiger partial charge in [-0.15, -0.1) is 0 Å². The average molecular weight is 331 g/mol. The normalized spacial score (nSPS) is 11.4. The highest BCUT2D eigenvalue weighted by Gasteiger charge is 2.13. The number of hydrogen-bond acceptors (Lipinski definition) is 3. The minimum absolute atomic E-state index is 0.0582. The van der Waals surface area contributed by atoms with Crippen molar-refractivity contribution in [3.63, 3.8) is 0 Å². The van der Waals surface area contributed by atoms with E-state index in [2.05, 4.69) is 0 Å². The molecular weight excluding hydrogens is 319 g/mol. The van der Waals surface area contributed by atoms with E-state index >= 15 is 0 Å². The average Bonchev–Trinajstić information content (AvgIpc) is 2.33. The zero-order valence-corrected chi connectivity index (χ0v) is 13.2. The maximum atomic E-state index is 11.2. The summed E-state index contributed by atoms with van der Waals surface area (Å²) in [7, 11) is 1.46. The van der Waals surface area contributed by atoms with Crippen LogP contribution in [0, 0.1) is 13.8 Å². The van der Waals surface area contributed by atoms with Crippen LogP contribution in [0.2, 0.25) is 5.02 Å². The lowest BCUT2D eigenvalue weighted by Gasteiger charge is -2.11. The number of rotatable bonds is 3. The first kappa shape index (κ1) is 15.2. The Morgan fingerprint density at radius 3 is 2.20 bits per heavy atom. The second-order valence-corrected chi connectivity index (χ2v) is 7.37. The molecule has 0 atom stereocenters. The summed E-state index contributed by atoms with van der Waals surface area (Å²) in [6.45, 7) is 3.91. The highest BCUT2D eigenvalue weighted by Crippen LogP contribution is 2.33. The number of benzene rings is 2. The van der Waals surface area contributed by atoms with Crippen molar-refractivity contribution in [3.8, 4) is 11.5 Å². The molecule has 0 amide bonds. The number of ether oxygens (including phenoxy) is 1. The molecule has 0 heterocycles. The Labute approximate surface area is 127 Å². The van der Waals surface area contributed by atoms with Crippen molar-refractivity contribution in [1.29, 1.82) is 0 Å². The molecule has 3 nitrogen and oxygen atoms in total. The molecule has 0 fully saturated rings. The summed E-state index contributed by atoms with van der Waals surface area (Å²) in [5.41, 5.74) is 2.10. The fraction of sp³-hybridized carbons (Fsp3) is 0.143. The third-order valence-electron chi connectivity index (χ3n) is 2.74. The van der Waals surface area contributed by atoms with Crippen LogP contribution in [0.4, 0.5) is 0 Å². The van der Waals surface area contributed by atoms with Gasteiger partial charge in [-0.3, -0.25) is 0 Å². The Kier molecular flexibility index (Phi) is 4.28. The SMILES string of the molecule is Cc1ccc(Oc2ccc(S(=O)(=O)Cl)cc2Cl)c(C)c1. The third kappa shape index (κ3) is 3.45. The number of aryl methyl sites for hydroxylation is 2. The molecule has 0 N–H and O–H groups in total. The molecule has 0 saturated carbocycles. The van der Waals surface area contributed by atoms with Gasteiger partial charge in [0.2, 0.25) is 0 Å². The van der Waals surface area contributed by atoms with Gasteiger partial charge in [-0.1, -0.05) is 29.3 Å². The first-order valence-corrected chi connectivity index (χ1v) is 8.45. The van der Waals surface area contributed by atoms with Crippen molar-refractivity contribution in [2.24, 2.45) is 0 Å². The van der Waals surface area contributed by atoms with Crippen LogP contribution in [0.3, 0.4) is 0 Å². The fourth-order valence-corrected chi connectivity index (χ4v) is 2.81. The van der Waals surface area contributed by atoms with Crippen LogP contribution >= 0.6 is 22.3 Å². The second-order valence-electron chi connectivity index (χ2n) is 4.40. The molecule has 0 bridgehead atoms. The van der Waals surface area contributed by atoms with Crippen LogP contribution in [0.1, 0.15) is 11.1 Å². The van der Waals surface area contributed by atoms with Gasteiger partial charge in [-0.2, -0.15) is 0 Å². The van der Waals surface area contributed by atoms with Crippen LogP contribution in [0.15, 0.2) is 41.3 Å². The van der Waals surface area contributed by atoms with Crippen molar-refractivity contribution in [2.75, 3.05) is 0 Å². The smallest absolute Gasteiger partial charge is 0.261 e. The quantitative estimate of drug-likeness (QED) is 0.767. The molecule has 0 saturated heterocycles. The third-order valence-corrected chi connectivity index (χ3v) is 4.38. The number of hydrogen-bond donors (Lipinski definition) is 0. The molecule has 0 unspecified atom stereocenters. The zero-order chi connectivity index (χ0) is 14.9. The fourth-order valence-electron chi connectivity index (χ4n) is 1.75. The Morgan fingerprint density at radius 1 is 1.00 bits per heavy atom. The Morgan fingerprint density at radius 2 is 1.65 bits per heavy atom. The second kappa shape index (κ2) is 5.64. The predicted molar refractivity (Wildman–Crippen MR) is 80.5 cm³/mol. The summed E-state index contributed by atoms with van der Waals surface area (Å²) in [5.74, 6) is 1.04. The lowest BCUT2D eigenvalue weighted by molar-refractivity contribution is 0.478. The van der Waals surface area contributed by atoms with Gasteiger partial charge in [-0.05, 0) is 43.7 Å². The summed E-state index contributed by atoms with van der Waals surface area (Å²) in [6.07, 6.45) is 0. The van der Waals surface area contributed by atoms with Crippen LogP contribution in [0.25, 0.3) is 0 Å². The molecule has 0 aliphatic heterocycles. The summed E-state index contributed by atoms with van der Waals surface area (Å²) in [4.78, 5) is -0.0582. The number of halogens is 2. The van der Waals surface area contributed by atoms with E-state index in [0.717, 1.165) is 11.1 Å². The van der Waals surface area contributed by atoms with Crippen molar-refractivity contribution < 1.29 is 13.2 Å². The van der Waals surface area contributed by atoms with E-state index in [-0.39, 0.29) is 9.92 Å². The summed E-state index contributed by atoms with van der Waals surface area (Å²) in [6, 6.07) is 9.86. The highest BCUT2D eigenvalue weighted by molar-refractivity contribution is 8.13. The van der Waals surface area contributed by atoms with Gasteiger partial charge in [-0.25, -0.2) is 8.42 Å². The molecule has 0 aliphatic carbocycles. The van der Waals surface area contributed by atoms with E-state index in [0.29, 0.717) is 11.5 Å². The summed E-state index contributed by atoms with van der Waals surface area (Å²) in [5, 5.41) is 0.187. The molecule has 0 radical (unpaired) electrons. The largest absolute Gasteiger partial charge is 0.456 e. The minimum Gasteiger partial charge on any atom is -0.456 e. The Hall–Kier alpha value is -1.23. The highest BCUT2D eigenvalue weighted by atomic mass is 35.7. The van der Waals surface area contributed by atoms with E-state index in [1.165, 1.54) is 18.2 Å². The van der Waals surface area contributed by atoms with Gasteiger partial charge in [0.25, 0.3) is 9.05 Å². The van der Waals surface area contributed by atoms with Crippen molar-refractivity contribution in [1.82, 2.24) is 0 Å². The summed E-state index contributed by atoms with van der Waals surface area (Å²) >= 11 is 6.02. The maximum Gasteiger partial charge on any atom is 0.261 e. The van der Waals surface area contributed by atoms with Gasteiger partial charge in [0.15, 0.2) is 0 Å². The molecule has 0 aliphatic rings. The first-order valence-electron chi connectivity index (χ1n) is 5.77. The Balaban J connectivity index is 2.35. The lowest BCUT2D eigenvalue weighted by atomic mass is 10.1. The standard InChI is InChI=1S/C14H12Cl2O3S/c1-9-3-5-13(10(2)7-9)19-14-6-4-11(8-12(14)15)20(16,17)18/h3-8H,1-2H3. The molecule has 0 aromatic heterocycles. The molecule has 0 spiro atoms. The monoisotopic (exact) mass is 330 g/mol. The van der Waals surface area contributed by atoms with E-state index < -0.39 is 9.05 Å². The molecule has 106 valence electrons. The molecule has 2 aromatic carbocycles. The minimum atomic E-state index is -3.80. The van der Waals surface area contributed by atoms with Crippen LogP contribution in [-0.2, 0) is 9.05 Å². The first-order chi connectivity index (χ1) is 9.27. The predicted octanol–water partition coefficient (Wildman–Crippen LogP) is 4.68. The molecule has 6 heteroatoms. The lowest BCUT2D eigenvalue weighted by Crippen LogP contribution is -1.93. The molecule has 20 heavy (non-hydrogen) atoms. The van der Waals surface area contributed by atoms with E-state index in [1.54, 1.807) is 0 Å². The van der Waals surface area contributed by atoms with Gasteiger partial charge in [0, 0.05) is 10.7 Å². The topological polar surface area (TPSA) is 43.4 Å². The van der Waals surface area contributed by atoms with Crippen LogP contribution < -0.4 is 4.74 Å². The van der Waals surface area contributed by atoms with Crippen molar-refractivity contribution in [2.45, 2.75) is 18.7 Å². The molecule has 2 rings (SSSR count). The summed E-state index contributed by atoms with van der Waals surface area (Å²) < 4.78 is 28.1. The molecule has 2 aromatic rings. The van der Waals surface area contributed by atoms with Gasteiger partial charge in [0.05, 0.1) is 9.92 Å². The van der Waals surface area contributed by atoms with E-state index in [1.807, 2.05) is 32.0 Å². The van der Waals surface area contributed by atoms with Gasteiger partial charge >= 0.3 is 0 Å². The van der Waals surface area contributed by atoms with Crippen molar-refractivity contribution in [3.05, 3.63) is 52.5 Å². The van der Waals surface area contributed by atoms with E-state index in [9.17, 15) is 8.42 Å². The van der Waals surface area contributed by atoms with Gasteiger partial charge < -0.3 is 4.74 Å². The Bertz CT molecular complexity index is 755. The van der Waals surface area contributed by atoms with Crippen molar-refractivity contribution >= 4 is 31.3 Å². The van der Waals surface area contributed by atoms with E-state index in [4.69, 9.17) is 27.0 Å². The van der Waals surface area contributed by atoms with Crippen LogP contribution in [-0.4, -0.2) is 8.42 Å². The van der Waals surface area contributed by atoms with Crippen LogP contribution in [0.5, 0.6) is 11.5 Å². The maximum absolute atomic E-state index is 11.2.